The standard InChI is InChI=1S/C11H16O2/c1-3-12-10-7-8-5-6-9(10)11(8)13-4-2/h3-4,8-11H,1-2,5-7H2. The topological polar surface area (TPSA) is 18.5 Å². The fraction of sp³-hybridized carbons (Fsp3) is 0.636. The van der Waals surface area contributed by atoms with Crippen LogP contribution in [0.2, 0.25) is 0 Å². The molecule has 13 heavy (non-hydrogen) atoms. The van der Waals surface area contributed by atoms with Crippen LogP contribution in [-0.4, -0.2) is 12.2 Å². The van der Waals surface area contributed by atoms with Crippen LogP contribution in [0.15, 0.2) is 25.7 Å². The fourth-order valence-electron chi connectivity index (χ4n) is 2.81. The molecular weight excluding hydrogens is 164 g/mol. The first-order valence-corrected chi connectivity index (χ1v) is 4.89. The molecule has 2 fully saturated rings. The Kier molecular flexibility index (Phi) is 2.30. The summed E-state index contributed by atoms with van der Waals surface area (Å²) in [5, 5.41) is 0. The molecule has 0 saturated heterocycles. The summed E-state index contributed by atoms with van der Waals surface area (Å²) in [7, 11) is 0. The highest BCUT2D eigenvalue weighted by Gasteiger charge is 2.50. The van der Waals surface area contributed by atoms with E-state index in [4.69, 9.17) is 9.47 Å². The lowest BCUT2D eigenvalue weighted by Gasteiger charge is -2.20. The van der Waals surface area contributed by atoms with Crippen molar-refractivity contribution in [3.63, 3.8) is 0 Å². The second-order valence-corrected chi connectivity index (χ2v) is 3.85. The van der Waals surface area contributed by atoms with E-state index in [2.05, 4.69) is 13.2 Å². The SMILES string of the molecule is C=COC1CC2CCC1C2OC=C. The van der Waals surface area contributed by atoms with Crippen molar-refractivity contribution in [1.29, 1.82) is 0 Å². The highest BCUT2D eigenvalue weighted by Crippen LogP contribution is 2.47. The van der Waals surface area contributed by atoms with Gasteiger partial charge in [0.2, 0.25) is 0 Å². The lowest BCUT2D eigenvalue weighted by Crippen LogP contribution is -2.22. The summed E-state index contributed by atoms with van der Waals surface area (Å²) in [6.07, 6.45) is 7.42. The van der Waals surface area contributed by atoms with E-state index in [-0.39, 0.29) is 0 Å². The Hall–Kier alpha value is -0.920. The zero-order chi connectivity index (χ0) is 9.26. The monoisotopic (exact) mass is 180 g/mol. The third kappa shape index (κ3) is 1.34. The molecule has 2 saturated carbocycles. The zero-order valence-corrected chi connectivity index (χ0v) is 7.82. The van der Waals surface area contributed by atoms with Crippen LogP contribution in [0.5, 0.6) is 0 Å². The largest absolute Gasteiger partial charge is 0.498 e. The van der Waals surface area contributed by atoms with E-state index in [9.17, 15) is 0 Å². The van der Waals surface area contributed by atoms with E-state index < -0.39 is 0 Å². The summed E-state index contributed by atoms with van der Waals surface area (Å²) in [5.41, 5.74) is 0. The van der Waals surface area contributed by atoms with Gasteiger partial charge in [-0.05, 0) is 25.2 Å². The maximum atomic E-state index is 5.52. The molecule has 2 rings (SSSR count). The first-order valence-electron chi connectivity index (χ1n) is 4.89. The molecule has 0 radical (unpaired) electrons. The molecule has 0 aromatic rings. The molecule has 0 spiro atoms. The molecule has 0 heterocycles. The Morgan fingerprint density at radius 1 is 1.08 bits per heavy atom. The van der Waals surface area contributed by atoms with Gasteiger partial charge in [0.1, 0.15) is 12.2 Å². The van der Waals surface area contributed by atoms with Gasteiger partial charge in [0.05, 0.1) is 12.5 Å². The maximum absolute atomic E-state index is 5.52. The van der Waals surface area contributed by atoms with Gasteiger partial charge in [-0.15, -0.1) is 0 Å². The summed E-state index contributed by atoms with van der Waals surface area (Å²) < 4.78 is 11.0. The third-order valence-corrected chi connectivity index (χ3v) is 3.29. The molecule has 0 amide bonds. The molecule has 2 aliphatic carbocycles. The van der Waals surface area contributed by atoms with E-state index in [1.54, 1.807) is 12.5 Å². The molecule has 0 aromatic carbocycles. The van der Waals surface area contributed by atoms with Gasteiger partial charge in [0, 0.05) is 5.92 Å². The summed E-state index contributed by atoms with van der Waals surface area (Å²) >= 11 is 0. The molecule has 0 aliphatic heterocycles. The van der Waals surface area contributed by atoms with Gasteiger partial charge in [-0.2, -0.15) is 0 Å². The maximum Gasteiger partial charge on any atom is 0.107 e. The minimum atomic E-state index is 0.334. The molecule has 2 heteroatoms. The quantitative estimate of drug-likeness (QED) is 0.619. The molecule has 2 aliphatic rings. The van der Waals surface area contributed by atoms with Crippen LogP contribution in [0, 0.1) is 11.8 Å². The van der Waals surface area contributed by atoms with Gasteiger partial charge >= 0.3 is 0 Å². The van der Waals surface area contributed by atoms with Crippen molar-refractivity contribution in [3.05, 3.63) is 25.7 Å². The van der Waals surface area contributed by atoms with Crippen molar-refractivity contribution in [2.24, 2.45) is 11.8 Å². The third-order valence-electron chi connectivity index (χ3n) is 3.29. The Balaban J connectivity index is 2.01. The van der Waals surface area contributed by atoms with Crippen LogP contribution in [0.3, 0.4) is 0 Å². The van der Waals surface area contributed by atoms with E-state index in [1.807, 2.05) is 0 Å². The lowest BCUT2D eigenvalue weighted by atomic mass is 9.98. The fourth-order valence-corrected chi connectivity index (χ4v) is 2.81. The average Bonchev–Trinajstić information content (AvgIpc) is 2.64. The average molecular weight is 180 g/mol. The zero-order valence-electron chi connectivity index (χ0n) is 7.82. The second-order valence-electron chi connectivity index (χ2n) is 3.85. The summed E-state index contributed by atoms with van der Waals surface area (Å²) in [6, 6.07) is 0. The van der Waals surface area contributed by atoms with Crippen LogP contribution in [0.25, 0.3) is 0 Å². The summed E-state index contributed by atoms with van der Waals surface area (Å²) in [6.45, 7) is 7.20. The highest BCUT2D eigenvalue weighted by atomic mass is 16.5. The molecule has 72 valence electrons. The molecule has 2 nitrogen and oxygen atoms in total. The predicted octanol–water partition coefficient (Wildman–Crippen LogP) is 2.47. The number of hydrogen-bond donors (Lipinski definition) is 0. The number of hydrogen-bond acceptors (Lipinski definition) is 2. The highest BCUT2D eigenvalue weighted by molar-refractivity contribution is 5.00. The van der Waals surface area contributed by atoms with Gasteiger partial charge in [-0.1, -0.05) is 13.2 Å². The van der Waals surface area contributed by atoms with Gasteiger partial charge < -0.3 is 9.47 Å². The number of ether oxygens (including phenoxy) is 2. The summed E-state index contributed by atoms with van der Waals surface area (Å²) in [5.74, 6) is 1.23. The van der Waals surface area contributed by atoms with Crippen molar-refractivity contribution in [1.82, 2.24) is 0 Å². The molecule has 2 bridgehead atoms. The molecule has 4 unspecified atom stereocenters. The number of fused-ring (bicyclic) bond motifs is 2. The molecule has 4 atom stereocenters. The van der Waals surface area contributed by atoms with Gasteiger partial charge in [0.25, 0.3) is 0 Å². The molecular formula is C11H16O2. The van der Waals surface area contributed by atoms with Crippen molar-refractivity contribution < 1.29 is 9.47 Å². The Morgan fingerprint density at radius 2 is 1.85 bits per heavy atom. The minimum absolute atomic E-state index is 0.334. The number of rotatable bonds is 4. The molecule has 0 N–H and O–H groups in total. The van der Waals surface area contributed by atoms with Crippen LogP contribution in [0.1, 0.15) is 19.3 Å². The Morgan fingerprint density at radius 3 is 2.54 bits per heavy atom. The van der Waals surface area contributed by atoms with Crippen LogP contribution in [-0.2, 0) is 9.47 Å². The minimum Gasteiger partial charge on any atom is -0.498 e. The predicted molar refractivity (Wildman–Crippen MR) is 51.0 cm³/mol. The van der Waals surface area contributed by atoms with Gasteiger partial charge in [0.15, 0.2) is 0 Å². The van der Waals surface area contributed by atoms with Crippen molar-refractivity contribution in [3.8, 4) is 0 Å². The van der Waals surface area contributed by atoms with Crippen molar-refractivity contribution in [2.45, 2.75) is 31.5 Å². The van der Waals surface area contributed by atoms with Crippen LogP contribution in [0.4, 0.5) is 0 Å². The second kappa shape index (κ2) is 3.44. The first kappa shape index (κ1) is 8.67. The summed E-state index contributed by atoms with van der Waals surface area (Å²) in [4.78, 5) is 0. The Labute approximate surface area is 79.2 Å². The van der Waals surface area contributed by atoms with Gasteiger partial charge in [-0.3, -0.25) is 0 Å². The molecule has 0 aromatic heterocycles. The van der Waals surface area contributed by atoms with Crippen molar-refractivity contribution in [2.75, 3.05) is 0 Å². The van der Waals surface area contributed by atoms with Crippen LogP contribution < -0.4 is 0 Å². The smallest absolute Gasteiger partial charge is 0.107 e. The van der Waals surface area contributed by atoms with Gasteiger partial charge in [-0.25, -0.2) is 0 Å². The first-order chi connectivity index (χ1) is 6.36. The lowest BCUT2D eigenvalue weighted by molar-refractivity contribution is 0.0531. The normalized spacial score (nSPS) is 41.5. The van der Waals surface area contributed by atoms with E-state index in [1.165, 1.54) is 12.8 Å². The van der Waals surface area contributed by atoms with E-state index >= 15 is 0 Å². The van der Waals surface area contributed by atoms with Crippen LogP contribution >= 0.6 is 0 Å². The van der Waals surface area contributed by atoms with E-state index in [0.29, 0.717) is 24.0 Å². The Bertz CT molecular complexity index is 212. The van der Waals surface area contributed by atoms with E-state index in [0.717, 1.165) is 6.42 Å². The van der Waals surface area contributed by atoms with Crippen molar-refractivity contribution >= 4 is 0 Å².